The number of benzene rings is 1. The topological polar surface area (TPSA) is 67.2 Å². The van der Waals surface area contributed by atoms with Gasteiger partial charge in [0.1, 0.15) is 5.82 Å². The summed E-state index contributed by atoms with van der Waals surface area (Å²) >= 11 is 0. The van der Waals surface area contributed by atoms with E-state index in [-0.39, 0.29) is 29.7 Å². The van der Waals surface area contributed by atoms with Crippen LogP contribution in [0.1, 0.15) is 71.6 Å². The average Bonchev–Trinajstić information content (AvgIpc) is 3.12. The molecule has 6 heteroatoms. The average molecular weight is 427 g/mol. The molecule has 0 fully saturated rings. The van der Waals surface area contributed by atoms with Crippen molar-refractivity contribution in [3.05, 3.63) is 41.6 Å². The quantitative estimate of drug-likeness (QED) is 0.607. The van der Waals surface area contributed by atoms with Crippen molar-refractivity contribution in [3.63, 3.8) is 0 Å². The third-order valence-corrected chi connectivity index (χ3v) is 5.59. The Morgan fingerprint density at radius 1 is 1.19 bits per heavy atom. The van der Waals surface area contributed by atoms with E-state index in [9.17, 15) is 9.59 Å². The first kappa shape index (κ1) is 24.6. The fourth-order valence-corrected chi connectivity index (χ4v) is 3.56. The number of para-hydroxylation sites is 1. The normalized spacial score (nSPS) is 12.5. The zero-order valence-electron chi connectivity index (χ0n) is 20.2. The number of anilines is 1. The van der Waals surface area contributed by atoms with Gasteiger partial charge in [-0.2, -0.15) is 5.10 Å². The van der Waals surface area contributed by atoms with Gasteiger partial charge in [0.2, 0.25) is 11.8 Å². The summed E-state index contributed by atoms with van der Waals surface area (Å²) in [6.07, 6.45) is 3.75. The van der Waals surface area contributed by atoms with Crippen molar-refractivity contribution in [3.8, 4) is 5.69 Å². The van der Waals surface area contributed by atoms with Gasteiger partial charge in [-0.3, -0.25) is 9.59 Å². The van der Waals surface area contributed by atoms with Crippen LogP contribution >= 0.6 is 0 Å². The van der Waals surface area contributed by atoms with Crippen molar-refractivity contribution in [1.82, 2.24) is 14.7 Å². The number of likely N-dealkylation sites (N-methyl/N-ethyl adjacent to an activating group) is 1. The minimum absolute atomic E-state index is 0.0191. The Labute approximate surface area is 187 Å². The zero-order chi connectivity index (χ0) is 23.2. The highest BCUT2D eigenvalue weighted by molar-refractivity contribution is 5.94. The summed E-state index contributed by atoms with van der Waals surface area (Å²) in [7, 11) is 1.70. The van der Waals surface area contributed by atoms with Gasteiger partial charge in [-0.1, -0.05) is 65.7 Å². The lowest BCUT2D eigenvalue weighted by atomic mass is 9.92. The number of hydrogen-bond acceptors (Lipinski definition) is 3. The zero-order valence-corrected chi connectivity index (χ0v) is 20.2. The number of rotatable bonds is 9. The number of amides is 2. The van der Waals surface area contributed by atoms with Crippen LogP contribution in [0.2, 0.25) is 0 Å². The standard InChI is InChI=1S/C25H38N4O2/c1-8-10-14-19(9-2)24(31)28(7)17-23(30)26-22-16-21(25(4,5)6)27-29(22)20-15-12-11-13-18(20)3/h11-13,15-16,19H,8-10,14,17H2,1-7H3,(H,26,30). The number of aryl methyl sites for hydroxylation is 1. The molecule has 0 aliphatic heterocycles. The maximum absolute atomic E-state index is 12.8. The maximum atomic E-state index is 12.8. The number of nitrogens with zero attached hydrogens (tertiary/aromatic N) is 3. The number of unbranched alkanes of at least 4 members (excludes halogenated alkanes) is 1. The lowest BCUT2D eigenvalue weighted by molar-refractivity contribution is -0.137. The molecule has 0 bridgehead atoms. The Balaban J connectivity index is 2.21. The van der Waals surface area contributed by atoms with Crippen LogP contribution < -0.4 is 5.32 Å². The van der Waals surface area contributed by atoms with Crippen molar-refractivity contribution in [2.75, 3.05) is 18.9 Å². The molecule has 1 N–H and O–H groups in total. The van der Waals surface area contributed by atoms with Gasteiger partial charge in [0, 0.05) is 24.4 Å². The second-order valence-electron chi connectivity index (χ2n) is 9.35. The van der Waals surface area contributed by atoms with Gasteiger partial charge in [-0.15, -0.1) is 0 Å². The molecule has 0 saturated heterocycles. The van der Waals surface area contributed by atoms with Crippen LogP contribution in [0.25, 0.3) is 5.69 Å². The maximum Gasteiger partial charge on any atom is 0.245 e. The van der Waals surface area contributed by atoms with E-state index in [4.69, 9.17) is 5.10 Å². The highest BCUT2D eigenvalue weighted by atomic mass is 16.2. The predicted octanol–water partition coefficient (Wildman–Crippen LogP) is 5.09. The highest BCUT2D eigenvalue weighted by Crippen LogP contribution is 2.27. The highest BCUT2D eigenvalue weighted by Gasteiger charge is 2.24. The molecule has 0 aliphatic rings. The van der Waals surface area contributed by atoms with E-state index < -0.39 is 0 Å². The van der Waals surface area contributed by atoms with Crippen molar-refractivity contribution in [2.45, 2.75) is 72.6 Å². The smallest absolute Gasteiger partial charge is 0.245 e. The molecule has 0 spiro atoms. The molecule has 170 valence electrons. The summed E-state index contributed by atoms with van der Waals surface area (Å²) in [5.41, 5.74) is 2.72. The molecule has 2 amide bonds. The first-order chi connectivity index (χ1) is 14.6. The van der Waals surface area contributed by atoms with Crippen LogP contribution in [0.4, 0.5) is 5.82 Å². The molecule has 2 rings (SSSR count). The third-order valence-electron chi connectivity index (χ3n) is 5.59. The van der Waals surface area contributed by atoms with Crippen molar-refractivity contribution in [1.29, 1.82) is 0 Å². The molecule has 2 aromatic rings. The van der Waals surface area contributed by atoms with E-state index in [1.54, 1.807) is 11.7 Å². The van der Waals surface area contributed by atoms with E-state index in [1.165, 1.54) is 4.90 Å². The second-order valence-corrected chi connectivity index (χ2v) is 9.35. The summed E-state index contributed by atoms with van der Waals surface area (Å²) in [6.45, 7) is 12.5. The Hall–Kier alpha value is -2.63. The fourth-order valence-electron chi connectivity index (χ4n) is 3.56. The first-order valence-electron chi connectivity index (χ1n) is 11.3. The number of carbonyl (C=O) groups excluding carboxylic acids is 2. The van der Waals surface area contributed by atoms with E-state index in [0.717, 1.165) is 42.6 Å². The lowest BCUT2D eigenvalue weighted by Gasteiger charge is -2.22. The van der Waals surface area contributed by atoms with Gasteiger partial charge in [0.15, 0.2) is 0 Å². The van der Waals surface area contributed by atoms with Gasteiger partial charge in [0.25, 0.3) is 0 Å². The molecule has 0 aliphatic carbocycles. The van der Waals surface area contributed by atoms with Gasteiger partial charge < -0.3 is 10.2 Å². The number of carbonyl (C=O) groups is 2. The first-order valence-corrected chi connectivity index (χ1v) is 11.3. The molecular weight excluding hydrogens is 388 g/mol. The van der Waals surface area contributed by atoms with E-state index in [2.05, 4.69) is 33.0 Å². The minimum atomic E-state index is -0.226. The van der Waals surface area contributed by atoms with E-state index in [1.807, 2.05) is 44.2 Å². The lowest BCUT2D eigenvalue weighted by Crippen LogP contribution is -2.38. The van der Waals surface area contributed by atoms with E-state index >= 15 is 0 Å². The summed E-state index contributed by atoms with van der Waals surface area (Å²) < 4.78 is 1.78. The molecule has 1 heterocycles. The Morgan fingerprint density at radius 3 is 2.45 bits per heavy atom. The van der Waals surface area contributed by atoms with Gasteiger partial charge in [0.05, 0.1) is 17.9 Å². The van der Waals surface area contributed by atoms with Crippen LogP contribution in [-0.4, -0.2) is 40.1 Å². The molecule has 6 nitrogen and oxygen atoms in total. The van der Waals surface area contributed by atoms with Crippen LogP contribution in [0, 0.1) is 12.8 Å². The minimum Gasteiger partial charge on any atom is -0.336 e. The molecule has 1 aromatic carbocycles. The number of aromatic nitrogens is 2. The fraction of sp³-hybridized carbons (Fsp3) is 0.560. The molecule has 1 unspecified atom stereocenters. The predicted molar refractivity (Wildman–Crippen MR) is 127 cm³/mol. The van der Waals surface area contributed by atoms with Gasteiger partial charge >= 0.3 is 0 Å². The van der Waals surface area contributed by atoms with E-state index in [0.29, 0.717) is 5.82 Å². The largest absolute Gasteiger partial charge is 0.336 e. The third kappa shape index (κ3) is 6.42. The SMILES string of the molecule is CCCCC(CC)C(=O)N(C)CC(=O)Nc1cc(C(C)(C)C)nn1-c1ccccc1C. The van der Waals surface area contributed by atoms with Crippen LogP contribution in [0.5, 0.6) is 0 Å². The Morgan fingerprint density at radius 2 is 1.87 bits per heavy atom. The Bertz CT molecular complexity index is 895. The van der Waals surface area contributed by atoms with Crippen LogP contribution in [0.3, 0.4) is 0 Å². The summed E-state index contributed by atoms with van der Waals surface area (Å²) in [4.78, 5) is 27.1. The van der Waals surface area contributed by atoms with Gasteiger partial charge in [-0.25, -0.2) is 4.68 Å². The summed E-state index contributed by atoms with van der Waals surface area (Å²) in [6, 6.07) is 9.86. The summed E-state index contributed by atoms with van der Waals surface area (Å²) in [5, 5.41) is 7.76. The molecule has 0 radical (unpaired) electrons. The molecule has 1 aromatic heterocycles. The molecule has 1 atom stereocenters. The second kappa shape index (κ2) is 10.6. The van der Waals surface area contributed by atoms with Crippen molar-refractivity contribution in [2.24, 2.45) is 5.92 Å². The van der Waals surface area contributed by atoms with Crippen molar-refractivity contribution >= 4 is 17.6 Å². The number of nitrogens with one attached hydrogen (secondary N) is 1. The Kier molecular flexibility index (Phi) is 8.43. The monoisotopic (exact) mass is 426 g/mol. The number of hydrogen-bond donors (Lipinski definition) is 1. The van der Waals surface area contributed by atoms with Gasteiger partial charge in [-0.05, 0) is 31.4 Å². The molecule has 0 saturated carbocycles. The molecule has 31 heavy (non-hydrogen) atoms. The van der Waals surface area contributed by atoms with Crippen LogP contribution in [-0.2, 0) is 15.0 Å². The van der Waals surface area contributed by atoms with Crippen molar-refractivity contribution < 1.29 is 9.59 Å². The summed E-state index contributed by atoms with van der Waals surface area (Å²) in [5.74, 6) is 0.399. The molecular formula is C25H38N4O2. The van der Waals surface area contributed by atoms with Crippen LogP contribution in [0.15, 0.2) is 30.3 Å².